The predicted octanol–water partition coefficient (Wildman–Crippen LogP) is 3.45. The number of nitrogens with two attached hydrogens (primary N) is 1. The number of nitrogen functional groups attached to an aromatic ring is 1. The predicted molar refractivity (Wildman–Crippen MR) is 89.2 cm³/mol. The Balaban J connectivity index is 2.59. The third-order valence-corrected chi connectivity index (χ3v) is 3.42. The van der Waals surface area contributed by atoms with Crippen molar-refractivity contribution < 1.29 is 5.11 Å². The summed E-state index contributed by atoms with van der Waals surface area (Å²) in [5, 5.41) is 10.1. The van der Waals surface area contributed by atoms with Gasteiger partial charge in [-0.05, 0) is 37.6 Å². The van der Waals surface area contributed by atoms with Crippen molar-refractivity contribution >= 4 is 23.0 Å². The summed E-state index contributed by atoms with van der Waals surface area (Å²) in [5.74, 6) is 0. The van der Waals surface area contributed by atoms with Crippen LogP contribution in [0.4, 0.5) is 5.69 Å². The lowest BCUT2D eigenvalue weighted by atomic mass is 9.97. The molecule has 0 aliphatic heterocycles. The van der Waals surface area contributed by atoms with E-state index >= 15 is 0 Å². The van der Waals surface area contributed by atoms with E-state index in [1.165, 1.54) is 0 Å². The molecule has 3 N–H and O–H groups in total. The van der Waals surface area contributed by atoms with E-state index in [1.807, 2.05) is 37.3 Å². The summed E-state index contributed by atoms with van der Waals surface area (Å²) in [6, 6.07) is 13.3. The van der Waals surface area contributed by atoms with Crippen molar-refractivity contribution in [3.8, 4) is 0 Å². The standard InChI is InChI=1S/C17H19ClN2O/c1-11-5-3-4-6-14(11)17(20-10-12(2)21)15-9-13(18)7-8-16(15)19/h3-9,12,21H,10,19H2,1-2H3. The van der Waals surface area contributed by atoms with E-state index in [2.05, 4.69) is 4.99 Å². The number of anilines is 1. The summed E-state index contributed by atoms with van der Waals surface area (Å²) in [6.45, 7) is 4.05. The number of nitrogens with zero attached hydrogens (tertiary/aromatic N) is 1. The Labute approximate surface area is 130 Å². The van der Waals surface area contributed by atoms with Crippen LogP contribution in [0.2, 0.25) is 5.02 Å². The summed E-state index contributed by atoms with van der Waals surface area (Å²) in [6.07, 6.45) is -0.510. The molecule has 2 rings (SSSR count). The molecule has 0 aliphatic rings. The second-order valence-electron chi connectivity index (χ2n) is 5.08. The van der Waals surface area contributed by atoms with E-state index in [4.69, 9.17) is 17.3 Å². The second-order valence-corrected chi connectivity index (χ2v) is 5.52. The number of aliphatic hydroxyl groups is 1. The number of hydrogen-bond acceptors (Lipinski definition) is 3. The lowest BCUT2D eigenvalue weighted by molar-refractivity contribution is 0.204. The first-order valence-electron chi connectivity index (χ1n) is 6.83. The first-order chi connectivity index (χ1) is 9.99. The Morgan fingerprint density at radius 3 is 2.62 bits per heavy atom. The summed E-state index contributed by atoms with van der Waals surface area (Å²) >= 11 is 6.09. The molecule has 0 bridgehead atoms. The van der Waals surface area contributed by atoms with Gasteiger partial charge < -0.3 is 10.8 Å². The molecule has 110 valence electrons. The minimum Gasteiger partial charge on any atom is -0.398 e. The number of aryl methyl sites for hydroxylation is 1. The Morgan fingerprint density at radius 2 is 1.95 bits per heavy atom. The van der Waals surface area contributed by atoms with Gasteiger partial charge in [0.2, 0.25) is 0 Å². The Bertz CT molecular complexity index is 666. The van der Waals surface area contributed by atoms with Gasteiger partial charge in [-0.25, -0.2) is 0 Å². The molecule has 0 amide bonds. The highest BCUT2D eigenvalue weighted by Crippen LogP contribution is 2.23. The van der Waals surface area contributed by atoms with Gasteiger partial charge in [0.05, 0.1) is 18.4 Å². The van der Waals surface area contributed by atoms with E-state index in [9.17, 15) is 5.11 Å². The zero-order valence-electron chi connectivity index (χ0n) is 12.2. The third-order valence-electron chi connectivity index (χ3n) is 3.18. The molecule has 0 radical (unpaired) electrons. The molecule has 4 heteroatoms. The van der Waals surface area contributed by atoms with Crippen molar-refractivity contribution in [2.45, 2.75) is 20.0 Å². The van der Waals surface area contributed by atoms with E-state index in [1.54, 1.807) is 19.1 Å². The minimum atomic E-state index is -0.510. The van der Waals surface area contributed by atoms with Crippen LogP contribution in [-0.2, 0) is 0 Å². The van der Waals surface area contributed by atoms with Crippen molar-refractivity contribution in [2.24, 2.45) is 4.99 Å². The van der Waals surface area contributed by atoms with E-state index in [0.29, 0.717) is 17.3 Å². The highest BCUT2D eigenvalue weighted by molar-refractivity contribution is 6.31. The van der Waals surface area contributed by atoms with Gasteiger partial charge in [0.15, 0.2) is 0 Å². The number of aliphatic hydroxyl groups excluding tert-OH is 1. The average molecular weight is 303 g/mol. The van der Waals surface area contributed by atoms with Crippen LogP contribution in [0.5, 0.6) is 0 Å². The summed E-state index contributed by atoms with van der Waals surface area (Å²) in [7, 11) is 0. The van der Waals surface area contributed by atoms with Crippen LogP contribution in [0.15, 0.2) is 47.5 Å². The quantitative estimate of drug-likeness (QED) is 0.671. The fourth-order valence-corrected chi connectivity index (χ4v) is 2.28. The molecule has 1 unspecified atom stereocenters. The normalized spacial score (nSPS) is 13.2. The van der Waals surface area contributed by atoms with Crippen molar-refractivity contribution in [3.05, 3.63) is 64.2 Å². The molecule has 0 saturated carbocycles. The van der Waals surface area contributed by atoms with E-state index < -0.39 is 6.10 Å². The van der Waals surface area contributed by atoms with Crippen LogP contribution in [0, 0.1) is 6.92 Å². The largest absolute Gasteiger partial charge is 0.398 e. The third kappa shape index (κ3) is 3.84. The molecule has 2 aromatic carbocycles. The Kier molecular flexibility index (Phi) is 4.99. The molecule has 0 heterocycles. The van der Waals surface area contributed by atoms with Gasteiger partial charge in [0, 0.05) is 21.8 Å². The zero-order chi connectivity index (χ0) is 15.4. The molecule has 0 fully saturated rings. The minimum absolute atomic E-state index is 0.315. The molecule has 2 aromatic rings. The van der Waals surface area contributed by atoms with Crippen molar-refractivity contribution in [2.75, 3.05) is 12.3 Å². The van der Waals surface area contributed by atoms with Crippen LogP contribution in [-0.4, -0.2) is 23.5 Å². The smallest absolute Gasteiger partial charge is 0.0743 e. The average Bonchev–Trinajstić information content (AvgIpc) is 2.44. The van der Waals surface area contributed by atoms with Gasteiger partial charge in [0.1, 0.15) is 0 Å². The highest BCUT2D eigenvalue weighted by atomic mass is 35.5. The second kappa shape index (κ2) is 6.74. The highest BCUT2D eigenvalue weighted by Gasteiger charge is 2.13. The maximum Gasteiger partial charge on any atom is 0.0743 e. The maximum absolute atomic E-state index is 9.52. The van der Waals surface area contributed by atoms with E-state index in [0.717, 1.165) is 22.4 Å². The van der Waals surface area contributed by atoms with Crippen molar-refractivity contribution in [1.29, 1.82) is 0 Å². The summed E-state index contributed by atoms with van der Waals surface area (Å²) in [5.41, 5.74) is 10.3. The lowest BCUT2D eigenvalue weighted by Gasteiger charge is -2.13. The van der Waals surface area contributed by atoms with Crippen LogP contribution >= 0.6 is 11.6 Å². The molecule has 0 saturated heterocycles. The Morgan fingerprint density at radius 1 is 1.24 bits per heavy atom. The number of halogens is 1. The monoisotopic (exact) mass is 302 g/mol. The van der Waals surface area contributed by atoms with Crippen LogP contribution < -0.4 is 5.73 Å². The van der Waals surface area contributed by atoms with E-state index in [-0.39, 0.29) is 0 Å². The van der Waals surface area contributed by atoms with Gasteiger partial charge >= 0.3 is 0 Å². The SMILES string of the molecule is Cc1ccccc1C(=NCC(C)O)c1cc(Cl)ccc1N. The van der Waals surface area contributed by atoms with Crippen LogP contribution in [0.1, 0.15) is 23.6 Å². The molecule has 3 nitrogen and oxygen atoms in total. The fourth-order valence-electron chi connectivity index (χ4n) is 2.11. The van der Waals surface area contributed by atoms with Crippen molar-refractivity contribution in [1.82, 2.24) is 0 Å². The molecule has 0 spiro atoms. The summed E-state index contributed by atoms with van der Waals surface area (Å²) in [4.78, 5) is 4.55. The first kappa shape index (κ1) is 15.5. The van der Waals surface area contributed by atoms with Gasteiger partial charge in [-0.15, -0.1) is 0 Å². The molecule has 0 aliphatic carbocycles. The first-order valence-corrected chi connectivity index (χ1v) is 7.20. The number of benzene rings is 2. The fraction of sp³-hybridized carbons (Fsp3) is 0.235. The zero-order valence-corrected chi connectivity index (χ0v) is 12.9. The van der Waals surface area contributed by atoms with Crippen molar-refractivity contribution in [3.63, 3.8) is 0 Å². The molecular formula is C17H19ClN2O. The Hall–Kier alpha value is -1.84. The summed E-state index contributed by atoms with van der Waals surface area (Å²) < 4.78 is 0. The number of hydrogen-bond donors (Lipinski definition) is 2. The maximum atomic E-state index is 9.52. The molecular weight excluding hydrogens is 284 g/mol. The topological polar surface area (TPSA) is 58.6 Å². The van der Waals surface area contributed by atoms with Gasteiger partial charge in [-0.2, -0.15) is 0 Å². The van der Waals surface area contributed by atoms with Gasteiger partial charge in [-0.3, -0.25) is 4.99 Å². The van der Waals surface area contributed by atoms with Crippen LogP contribution in [0.25, 0.3) is 0 Å². The van der Waals surface area contributed by atoms with Crippen LogP contribution in [0.3, 0.4) is 0 Å². The molecule has 1 atom stereocenters. The molecule has 0 aromatic heterocycles. The van der Waals surface area contributed by atoms with Gasteiger partial charge in [0.25, 0.3) is 0 Å². The number of rotatable bonds is 4. The molecule has 21 heavy (non-hydrogen) atoms. The lowest BCUT2D eigenvalue weighted by Crippen LogP contribution is -2.13. The number of aliphatic imine (C=N–C) groups is 1. The van der Waals surface area contributed by atoms with Gasteiger partial charge in [-0.1, -0.05) is 35.9 Å².